The molecule has 5 rings (SSSR count). The fraction of sp³-hybridized carbons (Fsp3) is 0.308. The van der Waals surface area contributed by atoms with Gasteiger partial charge in [0.15, 0.2) is 11.5 Å². The number of aryl methyl sites for hydroxylation is 1. The fourth-order valence-corrected chi connectivity index (χ4v) is 4.51. The van der Waals surface area contributed by atoms with E-state index in [0.29, 0.717) is 23.6 Å². The molecule has 0 saturated heterocycles. The molecule has 6 nitrogen and oxygen atoms in total. The van der Waals surface area contributed by atoms with Crippen molar-refractivity contribution in [2.45, 2.75) is 44.5 Å². The highest BCUT2D eigenvalue weighted by molar-refractivity contribution is 6.32. The van der Waals surface area contributed by atoms with Crippen LogP contribution in [0.25, 0.3) is 10.8 Å². The number of benzene rings is 2. The lowest BCUT2D eigenvalue weighted by molar-refractivity contribution is -0.141. The first-order valence-corrected chi connectivity index (χ1v) is 12.0. The first-order valence-electron chi connectivity index (χ1n) is 11.6. The molecule has 10 heteroatoms. The smallest absolute Gasteiger partial charge is 0.436 e. The molecule has 0 unspecified atom stereocenters. The Morgan fingerprint density at radius 2 is 1.92 bits per heavy atom. The van der Waals surface area contributed by atoms with Crippen LogP contribution in [0.5, 0.6) is 5.75 Å². The molecular weight excluding hydrogens is 495 g/mol. The van der Waals surface area contributed by atoms with Gasteiger partial charge in [-0.15, -0.1) is 0 Å². The third-order valence-electron chi connectivity index (χ3n) is 6.00. The molecular formula is C26H23ClF3N3O3. The van der Waals surface area contributed by atoms with Crippen LogP contribution in [0.4, 0.5) is 13.2 Å². The van der Waals surface area contributed by atoms with E-state index in [2.05, 4.69) is 10.4 Å². The average molecular weight is 518 g/mol. The standard InChI is InChI=1S/C26H23ClF3N3O3/c27-22-23(17-9-10-17)33(32-24(22)26(28,29)30)14-4-13-31-25(34)21-12-11-18(36-21)15-35-20-8-3-6-16-5-1-2-7-19(16)20/h1-3,5-8,11-12,17H,4,9-10,13-15H2,(H,31,34). The predicted molar refractivity (Wildman–Crippen MR) is 128 cm³/mol. The zero-order chi connectivity index (χ0) is 25.3. The second-order valence-corrected chi connectivity index (χ2v) is 9.06. The summed E-state index contributed by atoms with van der Waals surface area (Å²) in [5.41, 5.74) is -0.624. The molecule has 4 aromatic rings. The van der Waals surface area contributed by atoms with Gasteiger partial charge >= 0.3 is 6.18 Å². The van der Waals surface area contributed by atoms with Crippen molar-refractivity contribution in [3.63, 3.8) is 0 Å². The number of nitrogens with zero attached hydrogens (tertiary/aromatic N) is 2. The van der Waals surface area contributed by atoms with Crippen LogP contribution < -0.4 is 10.1 Å². The van der Waals surface area contributed by atoms with Gasteiger partial charge in [-0.25, -0.2) is 0 Å². The van der Waals surface area contributed by atoms with E-state index in [4.69, 9.17) is 20.8 Å². The van der Waals surface area contributed by atoms with Crippen molar-refractivity contribution < 1.29 is 27.1 Å². The number of aromatic nitrogens is 2. The summed E-state index contributed by atoms with van der Waals surface area (Å²) in [5.74, 6) is 0.935. The number of amides is 1. The molecule has 0 spiro atoms. The van der Waals surface area contributed by atoms with E-state index >= 15 is 0 Å². The summed E-state index contributed by atoms with van der Waals surface area (Å²) < 4.78 is 52.4. The van der Waals surface area contributed by atoms with Crippen LogP contribution in [-0.4, -0.2) is 22.2 Å². The van der Waals surface area contributed by atoms with Crippen molar-refractivity contribution in [3.8, 4) is 5.75 Å². The summed E-state index contributed by atoms with van der Waals surface area (Å²) in [6.07, 6.45) is -2.62. The number of carbonyl (C=O) groups excluding carboxylic acids is 1. The summed E-state index contributed by atoms with van der Waals surface area (Å²) >= 11 is 5.99. The average Bonchev–Trinajstić information content (AvgIpc) is 3.46. The van der Waals surface area contributed by atoms with Crippen LogP contribution in [0.3, 0.4) is 0 Å². The van der Waals surface area contributed by atoms with E-state index < -0.39 is 17.8 Å². The Bertz CT molecular complexity index is 1390. The zero-order valence-corrected chi connectivity index (χ0v) is 19.9. The van der Waals surface area contributed by atoms with Crippen molar-refractivity contribution in [1.82, 2.24) is 15.1 Å². The summed E-state index contributed by atoms with van der Waals surface area (Å²) in [6.45, 7) is 0.612. The van der Waals surface area contributed by atoms with Crippen LogP contribution in [-0.2, 0) is 19.3 Å². The van der Waals surface area contributed by atoms with E-state index in [1.807, 2.05) is 42.5 Å². The van der Waals surface area contributed by atoms with Gasteiger partial charge in [-0.2, -0.15) is 18.3 Å². The molecule has 2 heterocycles. The van der Waals surface area contributed by atoms with Gasteiger partial charge in [0, 0.05) is 24.4 Å². The lowest BCUT2D eigenvalue weighted by Gasteiger charge is -2.08. The van der Waals surface area contributed by atoms with Crippen LogP contribution >= 0.6 is 11.6 Å². The Kier molecular flexibility index (Phi) is 6.66. The molecule has 0 aliphatic heterocycles. The monoisotopic (exact) mass is 517 g/mol. The molecule has 188 valence electrons. The number of rotatable bonds is 9. The number of hydrogen-bond donors (Lipinski definition) is 1. The van der Waals surface area contributed by atoms with E-state index in [0.717, 1.165) is 23.6 Å². The second kappa shape index (κ2) is 9.89. The van der Waals surface area contributed by atoms with Crippen molar-refractivity contribution in [3.05, 3.63) is 82.5 Å². The Balaban J connectivity index is 1.14. The topological polar surface area (TPSA) is 69.3 Å². The maximum Gasteiger partial charge on any atom is 0.436 e. The quantitative estimate of drug-likeness (QED) is 0.255. The summed E-state index contributed by atoms with van der Waals surface area (Å²) in [6, 6.07) is 16.9. The second-order valence-electron chi connectivity index (χ2n) is 8.68. The predicted octanol–water partition coefficient (Wildman–Crippen LogP) is 6.58. The van der Waals surface area contributed by atoms with Gasteiger partial charge in [-0.3, -0.25) is 9.48 Å². The van der Waals surface area contributed by atoms with Crippen molar-refractivity contribution in [2.75, 3.05) is 6.54 Å². The van der Waals surface area contributed by atoms with E-state index in [1.165, 1.54) is 4.68 Å². The number of furan rings is 1. The van der Waals surface area contributed by atoms with Crippen molar-refractivity contribution >= 4 is 28.3 Å². The van der Waals surface area contributed by atoms with Gasteiger partial charge in [0.1, 0.15) is 18.1 Å². The molecule has 2 aromatic carbocycles. The number of halogens is 4. The first-order chi connectivity index (χ1) is 17.3. The number of hydrogen-bond acceptors (Lipinski definition) is 4. The molecule has 0 radical (unpaired) electrons. The van der Waals surface area contributed by atoms with Gasteiger partial charge in [0.2, 0.25) is 0 Å². The van der Waals surface area contributed by atoms with Crippen LogP contribution in [0.2, 0.25) is 5.02 Å². The third kappa shape index (κ3) is 5.21. The summed E-state index contributed by atoms with van der Waals surface area (Å²) in [7, 11) is 0. The Morgan fingerprint density at radius 3 is 2.69 bits per heavy atom. The maximum atomic E-state index is 13.2. The van der Waals surface area contributed by atoms with Crippen LogP contribution in [0.15, 0.2) is 59.0 Å². The van der Waals surface area contributed by atoms with Gasteiger partial charge < -0.3 is 14.5 Å². The third-order valence-corrected chi connectivity index (χ3v) is 6.37. The lowest BCUT2D eigenvalue weighted by Crippen LogP contribution is -2.25. The number of nitrogens with one attached hydrogen (secondary N) is 1. The Labute approximate surface area is 210 Å². The molecule has 36 heavy (non-hydrogen) atoms. The molecule has 0 bridgehead atoms. The zero-order valence-electron chi connectivity index (χ0n) is 19.1. The van der Waals surface area contributed by atoms with Crippen molar-refractivity contribution in [2.24, 2.45) is 0 Å². The summed E-state index contributed by atoms with van der Waals surface area (Å²) in [5, 5.41) is 8.15. The highest BCUT2D eigenvalue weighted by Crippen LogP contribution is 2.46. The minimum absolute atomic E-state index is 0.00771. The van der Waals surface area contributed by atoms with Gasteiger partial charge in [-0.1, -0.05) is 48.0 Å². The Morgan fingerprint density at radius 1 is 1.14 bits per heavy atom. The molecule has 0 atom stereocenters. The van der Waals surface area contributed by atoms with Crippen molar-refractivity contribution in [1.29, 1.82) is 0 Å². The Hall–Kier alpha value is -3.46. The first kappa shape index (κ1) is 24.2. The number of carbonyl (C=O) groups is 1. The van der Waals surface area contributed by atoms with Gasteiger partial charge in [0.05, 0.1) is 10.7 Å². The molecule has 1 aliphatic carbocycles. The molecule has 1 amide bonds. The number of ether oxygens (including phenoxy) is 1. The molecule has 1 N–H and O–H groups in total. The number of alkyl halides is 3. The minimum atomic E-state index is -4.60. The SMILES string of the molecule is O=C(NCCCn1nc(C(F)(F)F)c(Cl)c1C1CC1)c1ccc(COc2cccc3ccccc23)o1. The molecule has 1 aliphatic rings. The highest BCUT2D eigenvalue weighted by atomic mass is 35.5. The molecule has 1 saturated carbocycles. The normalized spacial score (nSPS) is 13.8. The molecule has 2 aromatic heterocycles. The fourth-order valence-electron chi connectivity index (χ4n) is 4.12. The summed E-state index contributed by atoms with van der Waals surface area (Å²) in [4.78, 5) is 12.5. The van der Waals surface area contributed by atoms with Gasteiger partial charge in [0.25, 0.3) is 5.91 Å². The lowest BCUT2D eigenvalue weighted by atomic mass is 10.1. The van der Waals surface area contributed by atoms with Crippen LogP contribution in [0, 0.1) is 0 Å². The van der Waals surface area contributed by atoms with Gasteiger partial charge in [-0.05, 0) is 42.8 Å². The largest absolute Gasteiger partial charge is 0.485 e. The van der Waals surface area contributed by atoms with E-state index in [1.54, 1.807) is 12.1 Å². The highest BCUT2D eigenvalue weighted by Gasteiger charge is 2.41. The maximum absolute atomic E-state index is 13.2. The molecule has 1 fully saturated rings. The van der Waals surface area contributed by atoms with E-state index in [-0.39, 0.29) is 36.4 Å². The number of fused-ring (bicyclic) bond motifs is 1. The minimum Gasteiger partial charge on any atom is -0.485 e. The van der Waals surface area contributed by atoms with E-state index in [9.17, 15) is 18.0 Å². The van der Waals surface area contributed by atoms with Crippen LogP contribution in [0.1, 0.15) is 52.9 Å².